The summed E-state index contributed by atoms with van der Waals surface area (Å²) in [5, 5.41) is 11.2. The third kappa shape index (κ3) is 2.00. The molecule has 1 fully saturated rings. The molecule has 0 radical (unpaired) electrons. The van der Waals surface area contributed by atoms with E-state index in [9.17, 15) is 9.59 Å². The largest absolute Gasteiger partial charge is 0.294 e. The van der Waals surface area contributed by atoms with Gasteiger partial charge in [0.2, 0.25) is 11.8 Å². The van der Waals surface area contributed by atoms with E-state index in [1.54, 1.807) is 18.7 Å². The minimum atomic E-state index is -0.801. The molecular formula is C10H15N3O2. The van der Waals surface area contributed by atoms with Gasteiger partial charge >= 0.3 is 0 Å². The smallest absolute Gasteiger partial charge is 0.246 e. The van der Waals surface area contributed by atoms with Crippen molar-refractivity contribution in [1.29, 1.82) is 5.26 Å². The van der Waals surface area contributed by atoms with Gasteiger partial charge in [-0.15, -0.1) is 0 Å². The van der Waals surface area contributed by atoms with E-state index in [1.807, 2.05) is 6.92 Å². The van der Waals surface area contributed by atoms with E-state index in [-0.39, 0.29) is 18.4 Å². The van der Waals surface area contributed by atoms with Crippen LogP contribution in [0.5, 0.6) is 0 Å². The first kappa shape index (κ1) is 11.7. The molecule has 2 amide bonds. The van der Waals surface area contributed by atoms with E-state index >= 15 is 0 Å². The standard InChI is InChI=1S/C10H15N3O2/c1-4-7(5-11)13-6-8(14)12-9(15)10(13,2)3/h7H,4,6H2,1-3H3,(H,12,14,15). The van der Waals surface area contributed by atoms with Gasteiger partial charge in [-0.05, 0) is 20.3 Å². The molecule has 1 unspecified atom stereocenters. The van der Waals surface area contributed by atoms with Gasteiger partial charge in [-0.25, -0.2) is 0 Å². The zero-order valence-corrected chi connectivity index (χ0v) is 9.20. The van der Waals surface area contributed by atoms with Crippen LogP contribution < -0.4 is 5.32 Å². The number of carbonyl (C=O) groups excluding carboxylic acids is 2. The van der Waals surface area contributed by atoms with Crippen molar-refractivity contribution >= 4 is 11.8 Å². The molecule has 0 aliphatic carbocycles. The number of nitrogens with one attached hydrogen (secondary N) is 1. The molecule has 0 aromatic carbocycles. The van der Waals surface area contributed by atoms with Crippen LogP contribution in [0.15, 0.2) is 0 Å². The van der Waals surface area contributed by atoms with Gasteiger partial charge in [-0.3, -0.25) is 19.8 Å². The maximum absolute atomic E-state index is 11.6. The number of hydrogen-bond donors (Lipinski definition) is 1. The fourth-order valence-electron chi connectivity index (χ4n) is 1.68. The predicted octanol–water partition coefficient (Wildman–Crippen LogP) is 0.0256. The number of hydrogen-bond acceptors (Lipinski definition) is 4. The third-order valence-corrected chi connectivity index (χ3v) is 2.75. The van der Waals surface area contributed by atoms with E-state index in [2.05, 4.69) is 11.4 Å². The average molecular weight is 209 g/mol. The van der Waals surface area contributed by atoms with Gasteiger partial charge in [0.15, 0.2) is 0 Å². The van der Waals surface area contributed by atoms with E-state index < -0.39 is 11.6 Å². The number of nitrogens with zero attached hydrogens (tertiary/aromatic N) is 2. The van der Waals surface area contributed by atoms with Crippen molar-refractivity contribution in [3.8, 4) is 6.07 Å². The van der Waals surface area contributed by atoms with E-state index in [4.69, 9.17) is 5.26 Å². The zero-order valence-electron chi connectivity index (χ0n) is 9.20. The summed E-state index contributed by atoms with van der Waals surface area (Å²) in [6.07, 6.45) is 0.598. The number of carbonyl (C=O) groups is 2. The van der Waals surface area contributed by atoms with Gasteiger partial charge < -0.3 is 0 Å². The van der Waals surface area contributed by atoms with Gasteiger partial charge in [0.1, 0.15) is 0 Å². The molecule has 0 aromatic rings. The molecule has 5 heteroatoms. The van der Waals surface area contributed by atoms with Gasteiger partial charge in [-0.1, -0.05) is 6.92 Å². The summed E-state index contributed by atoms with van der Waals surface area (Å²) in [4.78, 5) is 24.5. The topological polar surface area (TPSA) is 73.2 Å². The molecule has 0 spiro atoms. The second kappa shape index (κ2) is 3.99. The minimum Gasteiger partial charge on any atom is -0.294 e. The van der Waals surface area contributed by atoms with Crippen molar-refractivity contribution < 1.29 is 9.59 Å². The van der Waals surface area contributed by atoms with Crippen LogP contribution in [0.3, 0.4) is 0 Å². The van der Waals surface area contributed by atoms with Gasteiger partial charge in [0, 0.05) is 0 Å². The molecule has 1 aliphatic rings. The van der Waals surface area contributed by atoms with Crippen LogP contribution in [-0.2, 0) is 9.59 Å². The Labute approximate surface area is 89.0 Å². The number of piperazine rings is 1. The molecule has 1 aliphatic heterocycles. The highest BCUT2D eigenvalue weighted by Gasteiger charge is 2.43. The van der Waals surface area contributed by atoms with Crippen molar-refractivity contribution in [2.75, 3.05) is 6.54 Å². The maximum Gasteiger partial charge on any atom is 0.246 e. The van der Waals surface area contributed by atoms with Crippen LogP contribution in [0.4, 0.5) is 0 Å². The van der Waals surface area contributed by atoms with Crippen molar-refractivity contribution in [3.05, 3.63) is 0 Å². The van der Waals surface area contributed by atoms with Gasteiger partial charge in [0.05, 0.1) is 24.2 Å². The molecule has 0 bridgehead atoms. The van der Waals surface area contributed by atoms with Crippen molar-refractivity contribution in [2.45, 2.75) is 38.8 Å². The highest BCUT2D eigenvalue weighted by molar-refractivity contribution is 6.03. The predicted molar refractivity (Wildman–Crippen MR) is 53.6 cm³/mol. The summed E-state index contributed by atoms with van der Waals surface area (Å²) >= 11 is 0. The molecule has 0 aromatic heterocycles. The molecule has 1 rings (SSSR count). The Morgan fingerprint density at radius 3 is 2.67 bits per heavy atom. The second-order valence-electron chi connectivity index (χ2n) is 4.12. The quantitative estimate of drug-likeness (QED) is 0.651. The maximum atomic E-state index is 11.6. The summed E-state index contributed by atoms with van der Waals surface area (Å²) in [6, 6.07) is 1.72. The fraction of sp³-hybridized carbons (Fsp3) is 0.700. The van der Waals surface area contributed by atoms with E-state index in [1.165, 1.54) is 0 Å². The van der Waals surface area contributed by atoms with Crippen molar-refractivity contribution in [3.63, 3.8) is 0 Å². The molecule has 1 saturated heterocycles. The van der Waals surface area contributed by atoms with Crippen molar-refractivity contribution in [1.82, 2.24) is 10.2 Å². The summed E-state index contributed by atoms with van der Waals surface area (Å²) in [5.74, 6) is -0.680. The highest BCUT2D eigenvalue weighted by Crippen LogP contribution is 2.22. The van der Waals surface area contributed by atoms with Gasteiger partial charge in [-0.2, -0.15) is 5.26 Å². The average Bonchev–Trinajstić information content (AvgIpc) is 2.16. The Hall–Kier alpha value is -1.41. The first-order chi connectivity index (χ1) is 6.93. The first-order valence-electron chi connectivity index (χ1n) is 4.94. The summed E-state index contributed by atoms with van der Waals surface area (Å²) in [5.41, 5.74) is -0.801. The Morgan fingerprint density at radius 1 is 1.60 bits per heavy atom. The molecule has 0 saturated carbocycles. The fourth-order valence-corrected chi connectivity index (χ4v) is 1.68. The molecule has 1 N–H and O–H groups in total. The molecule has 82 valence electrons. The van der Waals surface area contributed by atoms with E-state index in [0.29, 0.717) is 6.42 Å². The number of nitriles is 1. The third-order valence-electron chi connectivity index (χ3n) is 2.75. The highest BCUT2D eigenvalue weighted by atomic mass is 16.2. The minimum absolute atomic E-state index is 0.102. The lowest BCUT2D eigenvalue weighted by atomic mass is 9.95. The summed E-state index contributed by atoms with van der Waals surface area (Å²) < 4.78 is 0. The van der Waals surface area contributed by atoms with Crippen LogP contribution in [0.2, 0.25) is 0 Å². The summed E-state index contributed by atoms with van der Waals surface area (Å²) in [7, 11) is 0. The van der Waals surface area contributed by atoms with Gasteiger partial charge in [0.25, 0.3) is 0 Å². The van der Waals surface area contributed by atoms with Crippen LogP contribution in [-0.4, -0.2) is 34.8 Å². The lowest BCUT2D eigenvalue weighted by Crippen LogP contribution is -2.66. The normalized spacial score (nSPS) is 23.1. The number of rotatable bonds is 2. The zero-order chi connectivity index (χ0) is 11.6. The van der Waals surface area contributed by atoms with E-state index in [0.717, 1.165) is 0 Å². The Balaban J connectivity index is 2.99. The molecule has 1 atom stereocenters. The second-order valence-corrected chi connectivity index (χ2v) is 4.12. The SMILES string of the molecule is CCC(C#N)N1CC(=O)NC(=O)C1(C)C. The van der Waals surface area contributed by atoms with Crippen LogP contribution in [0.25, 0.3) is 0 Å². The molecule has 5 nitrogen and oxygen atoms in total. The molecular weight excluding hydrogens is 194 g/mol. The summed E-state index contributed by atoms with van der Waals surface area (Å²) in [6.45, 7) is 5.40. The Morgan fingerprint density at radius 2 is 2.20 bits per heavy atom. The Kier molecular flexibility index (Phi) is 3.10. The van der Waals surface area contributed by atoms with Crippen molar-refractivity contribution in [2.24, 2.45) is 0 Å². The van der Waals surface area contributed by atoms with Crippen LogP contribution >= 0.6 is 0 Å². The molecule has 15 heavy (non-hydrogen) atoms. The lowest BCUT2D eigenvalue weighted by Gasteiger charge is -2.42. The monoisotopic (exact) mass is 209 g/mol. The molecule has 1 heterocycles. The number of amides is 2. The number of imide groups is 1. The first-order valence-corrected chi connectivity index (χ1v) is 4.94. The van der Waals surface area contributed by atoms with Crippen LogP contribution in [0.1, 0.15) is 27.2 Å². The Bertz CT molecular complexity index is 330. The van der Waals surface area contributed by atoms with Crippen LogP contribution in [0, 0.1) is 11.3 Å². The lowest BCUT2D eigenvalue weighted by molar-refractivity contribution is -0.146.